The van der Waals surface area contributed by atoms with E-state index in [0.717, 1.165) is 22.7 Å². The van der Waals surface area contributed by atoms with Crippen LogP contribution in [0.1, 0.15) is 22.8 Å². The molecule has 0 radical (unpaired) electrons. The van der Waals surface area contributed by atoms with Gasteiger partial charge in [0.1, 0.15) is 0 Å². The van der Waals surface area contributed by atoms with Crippen molar-refractivity contribution in [3.63, 3.8) is 0 Å². The summed E-state index contributed by atoms with van der Waals surface area (Å²) in [7, 11) is 0. The van der Waals surface area contributed by atoms with Crippen LogP contribution in [0.4, 0.5) is 0 Å². The molecule has 6 nitrogen and oxygen atoms in total. The van der Waals surface area contributed by atoms with Crippen LogP contribution in [0.2, 0.25) is 0 Å². The number of allylic oxidation sites excluding steroid dienone is 1. The average Bonchev–Trinajstić information content (AvgIpc) is 3.42. The normalized spacial score (nSPS) is 13.1. The zero-order valence-electron chi connectivity index (χ0n) is 15.3. The number of hydrogen-bond acceptors (Lipinski definition) is 4. The summed E-state index contributed by atoms with van der Waals surface area (Å²) < 4.78 is 12.6. The quantitative estimate of drug-likeness (QED) is 0.543. The third-order valence-electron chi connectivity index (χ3n) is 4.28. The lowest BCUT2D eigenvalue weighted by molar-refractivity contribution is 0.0955. The van der Waals surface area contributed by atoms with Gasteiger partial charge in [-0.1, -0.05) is 24.3 Å². The Labute approximate surface area is 162 Å². The maximum absolute atomic E-state index is 12.6. The molecule has 0 saturated carbocycles. The SMILES string of the molecule is CC(/C=C/c1ccc2c(c1)OCO2)=N/NC(=O)c1ccccc1-n1cccc1. The summed E-state index contributed by atoms with van der Waals surface area (Å²) in [5.74, 6) is 1.21. The van der Waals surface area contributed by atoms with Gasteiger partial charge in [0.15, 0.2) is 11.5 Å². The van der Waals surface area contributed by atoms with Crippen molar-refractivity contribution >= 4 is 17.7 Å². The molecule has 2 aromatic carbocycles. The number of hydrazone groups is 1. The number of nitrogens with one attached hydrogen (secondary N) is 1. The smallest absolute Gasteiger partial charge is 0.273 e. The summed E-state index contributed by atoms with van der Waals surface area (Å²) >= 11 is 0. The van der Waals surface area contributed by atoms with Crippen molar-refractivity contribution in [2.45, 2.75) is 6.92 Å². The summed E-state index contributed by atoms with van der Waals surface area (Å²) in [4.78, 5) is 12.6. The van der Waals surface area contributed by atoms with Crippen molar-refractivity contribution in [1.29, 1.82) is 0 Å². The summed E-state index contributed by atoms with van der Waals surface area (Å²) in [5.41, 5.74) is 5.60. The third-order valence-corrected chi connectivity index (χ3v) is 4.28. The number of nitrogens with zero attached hydrogens (tertiary/aromatic N) is 2. The fraction of sp³-hybridized carbons (Fsp3) is 0.0909. The third kappa shape index (κ3) is 3.81. The highest BCUT2D eigenvalue weighted by atomic mass is 16.7. The molecule has 0 fully saturated rings. The zero-order valence-corrected chi connectivity index (χ0v) is 15.3. The van der Waals surface area contributed by atoms with Crippen LogP contribution >= 0.6 is 0 Å². The number of para-hydroxylation sites is 1. The van der Waals surface area contributed by atoms with E-state index in [1.807, 2.05) is 84.6 Å². The molecule has 1 N–H and O–H groups in total. The number of fused-ring (bicyclic) bond motifs is 1. The molecule has 1 aliphatic rings. The van der Waals surface area contributed by atoms with Crippen LogP contribution in [0.15, 0.2) is 78.2 Å². The molecule has 1 aromatic heterocycles. The topological polar surface area (TPSA) is 64.8 Å². The second-order valence-electron chi connectivity index (χ2n) is 6.25. The van der Waals surface area contributed by atoms with Crippen molar-refractivity contribution < 1.29 is 14.3 Å². The predicted octanol–water partition coefficient (Wildman–Crippen LogP) is 4.03. The van der Waals surface area contributed by atoms with E-state index in [1.165, 1.54) is 0 Å². The van der Waals surface area contributed by atoms with Gasteiger partial charge in [-0.25, -0.2) is 5.43 Å². The number of hydrogen-bond donors (Lipinski definition) is 1. The van der Waals surface area contributed by atoms with E-state index in [9.17, 15) is 4.79 Å². The number of carbonyl (C=O) groups excluding carboxylic acids is 1. The summed E-state index contributed by atoms with van der Waals surface area (Å²) in [6.07, 6.45) is 7.53. The maximum Gasteiger partial charge on any atom is 0.273 e. The first-order valence-corrected chi connectivity index (χ1v) is 8.85. The Kier molecular flexibility index (Phi) is 4.93. The zero-order chi connectivity index (χ0) is 19.3. The highest BCUT2D eigenvalue weighted by Gasteiger charge is 2.12. The van der Waals surface area contributed by atoms with E-state index in [0.29, 0.717) is 11.3 Å². The molecule has 0 saturated heterocycles. The van der Waals surface area contributed by atoms with Gasteiger partial charge in [0.05, 0.1) is 17.0 Å². The second kappa shape index (κ2) is 7.84. The van der Waals surface area contributed by atoms with Crippen molar-refractivity contribution in [1.82, 2.24) is 9.99 Å². The first kappa shape index (κ1) is 17.6. The molecule has 2 heterocycles. The van der Waals surface area contributed by atoms with Crippen molar-refractivity contribution in [3.05, 3.63) is 84.2 Å². The molecule has 0 bridgehead atoms. The van der Waals surface area contributed by atoms with Gasteiger partial charge in [0.25, 0.3) is 5.91 Å². The molecule has 1 aliphatic heterocycles. The first-order chi connectivity index (χ1) is 13.7. The average molecular weight is 373 g/mol. The van der Waals surface area contributed by atoms with Gasteiger partial charge in [-0.15, -0.1) is 0 Å². The molecule has 0 spiro atoms. The molecule has 6 heteroatoms. The molecular weight excluding hydrogens is 354 g/mol. The van der Waals surface area contributed by atoms with Crippen LogP contribution in [0.3, 0.4) is 0 Å². The van der Waals surface area contributed by atoms with Gasteiger partial charge >= 0.3 is 0 Å². The number of amides is 1. The molecule has 0 aliphatic carbocycles. The van der Waals surface area contributed by atoms with Gasteiger partial charge in [0, 0.05) is 12.4 Å². The van der Waals surface area contributed by atoms with Crippen LogP contribution in [-0.2, 0) is 0 Å². The van der Waals surface area contributed by atoms with E-state index in [-0.39, 0.29) is 12.7 Å². The Hall–Kier alpha value is -3.80. The monoisotopic (exact) mass is 373 g/mol. The Morgan fingerprint density at radius 3 is 2.71 bits per heavy atom. The number of rotatable bonds is 5. The van der Waals surface area contributed by atoms with Gasteiger partial charge in [-0.3, -0.25) is 4.79 Å². The molecule has 0 atom stereocenters. The van der Waals surface area contributed by atoms with Gasteiger partial charge in [-0.05, 0) is 55.0 Å². The van der Waals surface area contributed by atoms with E-state index < -0.39 is 0 Å². The molecular formula is C22H19N3O3. The standard InChI is InChI=1S/C22H19N3O3/c1-16(8-9-17-10-11-20-21(14-17)28-15-27-20)23-24-22(26)18-6-2-3-7-19(18)25-12-4-5-13-25/h2-14H,15H2,1H3,(H,24,26)/b9-8+,23-16-. The summed E-state index contributed by atoms with van der Waals surface area (Å²) in [5, 5.41) is 4.18. The molecule has 140 valence electrons. The van der Waals surface area contributed by atoms with E-state index >= 15 is 0 Å². The van der Waals surface area contributed by atoms with Crippen LogP contribution in [0.25, 0.3) is 11.8 Å². The maximum atomic E-state index is 12.6. The lowest BCUT2D eigenvalue weighted by Crippen LogP contribution is -2.20. The summed E-state index contributed by atoms with van der Waals surface area (Å²) in [6, 6.07) is 16.9. The largest absolute Gasteiger partial charge is 0.454 e. The van der Waals surface area contributed by atoms with E-state index in [1.54, 1.807) is 6.07 Å². The van der Waals surface area contributed by atoms with Crippen LogP contribution in [-0.4, -0.2) is 23.0 Å². The minimum absolute atomic E-state index is 0.250. The molecule has 1 amide bonds. The number of carbonyl (C=O) groups is 1. The Balaban J connectivity index is 1.45. The number of ether oxygens (including phenoxy) is 2. The van der Waals surface area contributed by atoms with Gasteiger partial charge in [-0.2, -0.15) is 5.10 Å². The van der Waals surface area contributed by atoms with Crippen LogP contribution in [0.5, 0.6) is 11.5 Å². The fourth-order valence-electron chi connectivity index (χ4n) is 2.86. The Morgan fingerprint density at radius 2 is 1.86 bits per heavy atom. The minimum Gasteiger partial charge on any atom is -0.454 e. The van der Waals surface area contributed by atoms with Crippen molar-refractivity contribution in [3.8, 4) is 17.2 Å². The van der Waals surface area contributed by atoms with Gasteiger partial charge in [0.2, 0.25) is 6.79 Å². The molecule has 0 unspecified atom stereocenters. The minimum atomic E-state index is -0.264. The number of aromatic nitrogens is 1. The highest BCUT2D eigenvalue weighted by Crippen LogP contribution is 2.32. The lowest BCUT2D eigenvalue weighted by Gasteiger charge is -2.09. The predicted molar refractivity (Wildman–Crippen MR) is 108 cm³/mol. The van der Waals surface area contributed by atoms with Gasteiger partial charge < -0.3 is 14.0 Å². The lowest BCUT2D eigenvalue weighted by atomic mass is 10.1. The highest BCUT2D eigenvalue weighted by molar-refractivity contribution is 6.00. The van der Waals surface area contributed by atoms with Crippen molar-refractivity contribution in [2.24, 2.45) is 5.10 Å². The second-order valence-corrected chi connectivity index (χ2v) is 6.25. The van der Waals surface area contributed by atoms with E-state index in [2.05, 4.69) is 10.5 Å². The number of benzene rings is 2. The molecule has 28 heavy (non-hydrogen) atoms. The van der Waals surface area contributed by atoms with E-state index in [4.69, 9.17) is 9.47 Å². The van der Waals surface area contributed by atoms with Crippen LogP contribution in [0, 0.1) is 0 Å². The fourth-order valence-corrected chi connectivity index (χ4v) is 2.86. The Morgan fingerprint density at radius 1 is 1.07 bits per heavy atom. The molecule has 3 aromatic rings. The van der Waals surface area contributed by atoms with Crippen molar-refractivity contribution in [2.75, 3.05) is 6.79 Å². The summed E-state index contributed by atoms with van der Waals surface area (Å²) in [6.45, 7) is 2.07. The molecule has 4 rings (SSSR count). The van der Waals surface area contributed by atoms with Crippen LogP contribution < -0.4 is 14.9 Å². The Bertz CT molecular complexity index is 1050. The first-order valence-electron chi connectivity index (χ1n) is 8.85.